The Balaban J connectivity index is 0.000000620. The van der Waals surface area contributed by atoms with E-state index in [-0.39, 0.29) is 66.4 Å². The largest absolute Gasteiger partial charge is 0.491 e. The zero-order valence-corrected chi connectivity index (χ0v) is 50.1. The molecule has 0 spiro atoms. The molecule has 484 valence electrons. The molecular weight excluding hydrogens is 1100 g/mol. The highest BCUT2D eigenvalue weighted by atomic mass is 16.6. The zero-order valence-electron chi connectivity index (χ0n) is 50.1. The average molecular weight is 1210 g/mol. The van der Waals surface area contributed by atoms with Crippen molar-refractivity contribution >= 4 is 47.3 Å². The molecular formula is C64H108N12O10. The first-order valence-electron chi connectivity index (χ1n) is 28.8. The number of likely N-dealkylation sites (tertiary alicyclic amines) is 2. The number of nitrogens with one attached hydrogen (secondary N) is 6. The van der Waals surface area contributed by atoms with Gasteiger partial charge in [0.25, 0.3) is 0 Å². The number of ether oxygens (including phenoxy) is 4. The molecule has 86 heavy (non-hydrogen) atoms. The number of aliphatic hydroxyl groups is 2. The smallest absolute Gasteiger partial charge is 0.410 e. The van der Waals surface area contributed by atoms with Gasteiger partial charge in [0.2, 0.25) is 0 Å². The fraction of sp³-hybridized carbons (Fsp3) is 0.625. The summed E-state index contributed by atoms with van der Waals surface area (Å²) in [6.45, 7) is 27.2. The van der Waals surface area contributed by atoms with Crippen LogP contribution in [0.15, 0.2) is 61.2 Å². The summed E-state index contributed by atoms with van der Waals surface area (Å²) in [5.74, 6) is 3.42. The van der Waals surface area contributed by atoms with E-state index in [1.165, 1.54) is 31.7 Å². The number of urea groups is 2. The van der Waals surface area contributed by atoms with Crippen LogP contribution in [-0.2, 0) is 9.47 Å². The minimum absolute atomic E-state index is 0. The number of nitrogens with zero attached hydrogens (tertiary/aromatic N) is 6. The molecule has 2 aromatic heterocycles. The normalized spacial score (nSPS) is 18.0. The monoisotopic (exact) mass is 1200 g/mol. The van der Waals surface area contributed by atoms with Gasteiger partial charge in [-0.1, -0.05) is 41.8 Å². The number of hydrogen-bond acceptors (Lipinski definition) is 16. The summed E-state index contributed by atoms with van der Waals surface area (Å²) in [6, 6.07) is 10.6. The van der Waals surface area contributed by atoms with Gasteiger partial charge in [0, 0.05) is 64.3 Å². The highest BCUT2D eigenvalue weighted by molar-refractivity contribution is 6.00. The van der Waals surface area contributed by atoms with E-state index in [0.717, 1.165) is 87.3 Å². The molecule has 4 aliphatic heterocycles. The Labute approximate surface area is 514 Å². The first-order chi connectivity index (χ1) is 39.0. The number of aryl methyl sites for hydroxylation is 4. The number of amides is 6. The molecule has 0 saturated carbocycles. The molecule has 6 amide bonds. The molecule has 4 atom stereocenters. The molecule has 4 fully saturated rings. The summed E-state index contributed by atoms with van der Waals surface area (Å²) in [4.78, 5) is 68.8. The van der Waals surface area contributed by atoms with E-state index in [0.29, 0.717) is 85.8 Å². The number of piperidine rings is 4. The topological polar surface area (TPSA) is 276 Å². The van der Waals surface area contributed by atoms with Crippen molar-refractivity contribution in [3.8, 4) is 11.5 Å². The summed E-state index contributed by atoms with van der Waals surface area (Å²) in [5.41, 5.74) is 3.84. The number of benzene rings is 2. The number of rotatable bonds is 12. The third-order valence-electron chi connectivity index (χ3n) is 13.4. The number of aromatic nitrogens is 4. The van der Waals surface area contributed by atoms with E-state index in [9.17, 15) is 19.2 Å². The van der Waals surface area contributed by atoms with Crippen LogP contribution in [0.25, 0.3) is 0 Å². The van der Waals surface area contributed by atoms with Gasteiger partial charge in [-0.3, -0.25) is 20.6 Å². The van der Waals surface area contributed by atoms with Gasteiger partial charge in [0.05, 0.1) is 60.8 Å². The molecule has 0 bridgehead atoms. The molecule has 22 heteroatoms. The molecule has 4 aliphatic rings. The van der Waals surface area contributed by atoms with Crippen LogP contribution in [-0.4, -0.2) is 154 Å². The van der Waals surface area contributed by atoms with Gasteiger partial charge in [0.15, 0.2) is 11.6 Å². The van der Waals surface area contributed by atoms with Crippen LogP contribution in [0, 0.1) is 51.4 Å². The molecule has 6 heterocycles. The lowest BCUT2D eigenvalue weighted by Gasteiger charge is -2.34. The van der Waals surface area contributed by atoms with Crippen molar-refractivity contribution in [2.75, 3.05) is 100 Å². The molecule has 0 radical (unpaired) electrons. The molecule has 2 aromatic carbocycles. The Morgan fingerprint density at radius 3 is 1.30 bits per heavy atom. The predicted molar refractivity (Wildman–Crippen MR) is 346 cm³/mol. The Morgan fingerprint density at radius 1 is 0.535 bits per heavy atom. The number of aliphatic hydroxyl groups excluding tert-OH is 2. The van der Waals surface area contributed by atoms with Crippen LogP contribution in [0.3, 0.4) is 0 Å². The van der Waals surface area contributed by atoms with Crippen LogP contribution in [0.1, 0.15) is 145 Å². The molecule has 4 unspecified atom stereocenters. The quantitative estimate of drug-likeness (QED) is 0.0655. The van der Waals surface area contributed by atoms with Crippen molar-refractivity contribution in [2.45, 2.75) is 162 Å². The minimum atomic E-state index is -0.520. The molecule has 8 rings (SSSR count). The fourth-order valence-electron chi connectivity index (χ4n) is 9.15. The molecule has 4 saturated heterocycles. The Kier molecular flexibility index (Phi) is 35.0. The van der Waals surface area contributed by atoms with Crippen molar-refractivity contribution in [1.29, 1.82) is 0 Å². The maximum absolute atomic E-state index is 12.5. The van der Waals surface area contributed by atoms with Gasteiger partial charge in [-0.25, -0.2) is 29.1 Å². The van der Waals surface area contributed by atoms with Crippen LogP contribution >= 0.6 is 0 Å². The second-order valence-electron chi connectivity index (χ2n) is 23.5. The fourth-order valence-corrected chi connectivity index (χ4v) is 9.15. The Hall–Kier alpha value is -6.88. The van der Waals surface area contributed by atoms with E-state index >= 15 is 0 Å². The predicted octanol–water partition coefficient (Wildman–Crippen LogP) is 12.0. The van der Waals surface area contributed by atoms with Gasteiger partial charge in [0.1, 0.15) is 22.7 Å². The van der Waals surface area contributed by atoms with Gasteiger partial charge in [-0.15, -0.1) is 0 Å². The first-order valence-corrected chi connectivity index (χ1v) is 28.8. The van der Waals surface area contributed by atoms with Crippen molar-refractivity contribution in [1.82, 2.24) is 40.4 Å². The van der Waals surface area contributed by atoms with Crippen molar-refractivity contribution in [3.63, 3.8) is 0 Å². The van der Waals surface area contributed by atoms with E-state index < -0.39 is 17.2 Å². The summed E-state index contributed by atoms with van der Waals surface area (Å²) in [5, 5.41) is 35.3. The first kappa shape index (κ1) is 77.1. The lowest BCUT2D eigenvalue weighted by molar-refractivity contribution is 0.0125. The summed E-state index contributed by atoms with van der Waals surface area (Å²) >= 11 is 0. The van der Waals surface area contributed by atoms with E-state index in [2.05, 4.69) is 51.8 Å². The number of carbonyl (C=O) groups is 4. The Morgan fingerprint density at radius 2 is 0.930 bits per heavy atom. The zero-order chi connectivity index (χ0) is 59.7. The average Bonchev–Trinajstić information content (AvgIpc) is 3.64. The summed E-state index contributed by atoms with van der Waals surface area (Å²) in [6.07, 6.45) is 14.2. The van der Waals surface area contributed by atoms with Gasteiger partial charge in [-0.05, 0) is 181 Å². The number of carbonyl (C=O) groups excluding carboxylic acids is 4. The van der Waals surface area contributed by atoms with Crippen molar-refractivity contribution < 1.29 is 48.3 Å². The standard InChI is InChI=1S/C24H33N5O4.C19H25N5O2.C11H21NO3.C6H13NO.4CH4/c1-16-8-9-20(19(11-16)27-22(30)28-21-13-25-17(2)12-26-21)32-15-18-7-6-10-29(14-18)23(31)33-24(3,4)5;1-13-5-6-17(26-12-15-4-3-7-20-10-15)16(8-13)23-19(25)24-18-11-21-14(2)9-22-18;1-11(2,3)15-10(14)12-6-4-5-9(7-12)8-13;8-5-6-2-1-3-7-4-6;;;;/h8-9,11-13,18H,6-7,10,14-15H2,1-5H3,(H2,26,27,28,30);5-6,8-9,11,15,20H,3-4,7,10,12H2,1-2H3,(H2,22,23,24,25);9,13H,4-8H2,1-3H3;6-8H,1-5H2;4*1H4. The summed E-state index contributed by atoms with van der Waals surface area (Å²) in [7, 11) is 0. The second-order valence-corrected chi connectivity index (χ2v) is 23.5. The van der Waals surface area contributed by atoms with Crippen molar-refractivity contribution in [2.24, 2.45) is 23.7 Å². The number of hydrogen-bond donors (Lipinski definition) is 8. The van der Waals surface area contributed by atoms with Crippen LogP contribution < -0.4 is 41.4 Å². The highest BCUT2D eigenvalue weighted by Crippen LogP contribution is 2.30. The molecule has 4 aromatic rings. The minimum Gasteiger partial charge on any atom is -0.491 e. The maximum atomic E-state index is 12.5. The molecule has 8 N–H and O–H groups in total. The lowest BCUT2D eigenvalue weighted by Crippen LogP contribution is -2.44. The third kappa shape index (κ3) is 29.5. The van der Waals surface area contributed by atoms with Crippen LogP contribution in [0.4, 0.5) is 42.2 Å². The SMILES string of the molecule is C.C.C.C.CC(C)(C)OC(=O)N1CCCC(CO)C1.Cc1ccc(OCC2CCCN(C(=O)OC(C)(C)C)C2)c(NC(=O)Nc2cnc(C)cn2)c1.Cc1ccc(OCC2CCCNC2)c(NC(=O)Nc2cnc(C)cn2)c1.OCC1CCCNC1. The maximum Gasteiger partial charge on any atom is 0.410 e. The molecule has 0 aliphatic carbocycles. The Bertz CT molecular complexity index is 2590. The van der Waals surface area contributed by atoms with E-state index in [1.807, 2.05) is 106 Å². The van der Waals surface area contributed by atoms with Crippen LogP contribution in [0.5, 0.6) is 11.5 Å². The van der Waals surface area contributed by atoms with E-state index in [1.54, 1.807) is 22.2 Å². The third-order valence-corrected chi connectivity index (χ3v) is 13.4. The second kappa shape index (κ2) is 39.0. The van der Waals surface area contributed by atoms with Gasteiger partial charge < -0.3 is 60.2 Å². The lowest BCUT2D eigenvalue weighted by atomic mass is 9.99. The number of anilines is 4. The van der Waals surface area contributed by atoms with Gasteiger partial charge in [-0.2, -0.15) is 0 Å². The van der Waals surface area contributed by atoms with Crippen molar-refractivity contribution in [3.05, 3.63) is 83.7 Å². The molecule has 22 nitrogen and oxygen atoms in total. The van der Waals surface area contributed by atoms with Crippen LogP contribution in [0.2, 0.25) is 0 Å². The van der Waals surface area contributed by atoms with Gasteiger partial charge >= 0.3 is 24.2 Å². The highest BCUT2D eigenvalue weighted by Gasteiger charge is 2.29. The van der Waals surface area contributed by atoms with E-state index in [4.69, 9.17) is 29.2 Å². The summed E-state index contributed by atoms with van der Waals surface area (Å²) < 4.78 is 22.8.